The number of thiazole rings is 1. The van der Waals surface area contributed by atoms with Crippen molar-refractivity contribution in [2.75, 3.05) is 38.5 Å². The van der Waals surface area contributed by atoms with Crippen molar-refractivity contribution in [2.45, 2.75) is 9.92 Å². The van der Waals surface area contributed by atoms with E-state index in [1.54, 1.807) is 36.1 Å². The third kappa shape index (κ3) is 4.24. The smallest absolute Gasteiger partial charge is 0.240 e. The first kappa shape index (κ1) is 19.9. The van der Waals surface area contributed by atoms with Gasteiger partial charge in [0.1, 0.15) is 5.03 Å². The number of piperazine rings is 1. The standard InChI is InChI=1S/C20H19N7O2S2/c1-25-7-8-26(12-17(25)29)11-16(28)24-20-23-14-4-3-13(9-15(14)31-20)30-18-10-22-19-21-5-2-6-27(18)19/h2-6,9-10H,7-8,11-12H2,1H3,(H,23,24,28). The minimum atomic E-state index is -0.163. The number of imidazole rings is 1. The lowest BCUT2D eigenvalue weighted by atomic mass is 10.3. The van der Waals surface area contributed by atoms with E-state index >= 15 is 0 Å². The molecule has 1 N–H and O–H groups in total. The summed E-state index contributed by atoms with van der Waals surface area (Å²) < 4.78 is 2.93. The summed E-state index contributed by atoms with van der Waals surface area (Å²) in [6.07, 6.45) is 5.46. The Bertz CT molecular complexity index is 1290. The van der Waals surface area contributed by atoms with E-state index < -0.39 is 0 Å². The highest BCUT2D eigenvalue weighted by Gasteiger charge is 2.23. The molecular formula is C20H19N7O2S2. The summed E-state index contributed by atoms with van der Waals surface area (Å²) in [7, 11) is 1.78. The number of hydrogen-bond acceptors (Lipinski definition) is 8. The van der Waals surface area contributed by atoms with Gasteiger partial charge < -0.3 is 10.2 Å². The maximum Gasteiger partial charge on any atom is 0.240 e. The Morgan fingerprint density at radius 1 is 1.29 bits per heavy atom. The average molecular weight is 454 g/mol. The molecule has 1 aliphatic rings. The number of likely N-dealkylation sites (N-methyl/N-ethyl adjacent to an activating group) is 1. The Morgan fingerprint density at radius 3 is 3.06 bits per heavy atom. The number of rotatable bonds is 5. The number of aromatic nitrogens is 4. The summed E-state index contributed by atoms with van der Waals surface area (Å²) in [5, 5.41) is 4.40. The quantitative estimate of drug-likeness (QED) is 0.495. The minimum Gasteiger partial charge on any atom is -0.343 e. The van der Waals surface area contributed by atoms with E-state index in [0.29, 0.717) is 24.0 Å². The maximum atomic E-state index is 12.4. The van der Waals surface area contributed by atoms with E-state index in [1.807, 2.05) is 33.7 Å². The number of anilines is 1. The third-order valence-electron chi connectivity index (χ3n) is 4.99. The SMILES string of the molecule is CN1CCN(CC(=O)Nc2nc3ccc(Sc4cnc5ncccn45)cc3s2)CC1=O. The fraction of sp³-hybridized carbons (Fsp3) is 0.250. The van der Waals surface area contributed by atoms with Gasteiger partial charge in [-0.2, -0.15) is 0 Å². The normalized spacial score (nSPS) is 15.1. The second-order valence-corrected chi connectivity index (χ2v) is 9.34. The molecule has 5 rings (SSSR count). The third-order valence-corrected chi connectivity index (χ3v) is 6.92. The van der Waals surface area contributed by atoms with Crippen LogP contribution in [0, 0.1) is 0 Å². The van der Waals surface area contributed by atoms with E-state index in [4.69, 9.17) is 0 Å². The Morgan fingerprint density at radius 2 is 2.19 bits per heavy atom. The fourth-order valence-electron chi connectivity index (χ4n) is 3.33. The van der Waals surface area contributed by atoms with Gasteiger partial charge in [-0.3, -0.25) is 18.9 Å². The van der Waals surface area contributed by atoms with Gasteiger partial charge in [-0.1, -0.05) is 23.1 Å². The second kappa shape index (κ2) is 8.25. The highest BCUT2D eigenvalue weighted by Crippen LogP contribution is 2.33. The molecule has 1 fully saturated rings. The lowest BCUT2D eigenvalue weighted by Gasteiger charge is -2.31. The number of fused-ring (bicyclic) bond motifs is 2. The largest absolute Gasteiger partial charge is 0.343 e. The summed E-state index contributed by atoms with van der Waals surface area (Å²) in [5.41, 5.74) is 0.833. The molecule has 1 aliphatic heterocycles. The first-order valence-corrected chi connectivity index (χ1v) is 11.3. The van der Waals surface area contributed by atoms with Gasteiger partial charge in [-0.15, -0.1) is 0 Å². The van der Waals surface area contributed by atoms with E-state index in [-0.39, 0.29) is 24.9 Å². The zero-order valence-corrected chi connectivity index (χ0v) is 18.3. The van der Waals surface area contributed by atoms with Crippen molar-refractivity contribution in [3.63, 3.8) is 0 Å². The van der Waals surface area contributed by atoms with Crippen molar-refractivity contribution in [3.05, 3.63) is 42.9 Å². The van der Waals surface area contributed by atoms with Crippen molar-refractivity contribution in [1.82, 2.24) is 29.2 Å². The van der Waals surface area contributed by atoms with Crippen molar-refractivity contribution >= 4 is 56.0 Å². The van der Waals surface area contributed by atoms with Gasteiger partial charge in [0.15, 0.2) is 5.13 Å². The fourth-order valence-corrected chi connectivity index (χ4v) is 5.22. The molecule has 0 atom stereocenters. The molecule has 0 bridgehead atoms. The number of nitrogens with zero attached hydrogens (tertiary/aromatic N) is 6. The molecular weight excluding hydrogens is 434 g/mol. The zero-order chi connectivity index (χ0) is 21.4. The van der Waals surface area contributed by atoms with Gasteiger partial charge in [0.25, 0.3) is 0 Å². The lowest BCUT2D eigenvalue weighted by molar-refractivity contribution is -0.135. The van der Waals surface area contributed by atoms with Crippen molar-refractivity contribution in [1.29, 1.82) is 0 Å². The van der Waals surface area contributed by atoms with E-state index in [2.05, 4.69) is 26.3 Å². The number of amides is 2. The Labute approximate surface area is 186 Å². The maximum absolute atomic E-state index is 12.4. The van der Waals surface area contributed by atoms with Crippen LogP contribution in [0.15, 0.2) is 52.8 Å². The van der Waals surface area contributed by atoms with Crippen LogP contribution in [0.3, 0.4) is 0 Å². The Kier molecular flexibility index (Phi) is 5.30. The van der Waals surface area contributed by atoms with Crippen LogP contribution >= 0.6 is 23.1 Å². The molecule has 1 saturated heterocycles. The number of carbonyl (C=O) groups is 2. The van der Waals surface area contributed by atoms with Crippen molar-refractivity contribution in [2.24, 2.45) is 0 Å². The molecule has 0 spiro atoms. The van der Waals surface area contributed by atoms with Gasteiger partial charge in [-0.05, 0) is 24.3 Å². The average Bonchev–Trinajstić information content (AvgIpc) is 3.34. The number of carbonyl (C=O) groups excluding carboxylic acids is 2. The molecule has 4 heterocycles. The number of nitrogens with one attached hydrogen (secondary N) is 1. The summed E-state index contributed by atoms with van der Waals surface area (Å²) in [5.74, 6) is 0.533. The Balaban J connectivity index is 1.27. The molecule has 31 heavy (non-hydrogen) atoms. The molecule has 3 aromatic heterocycles. The van der Waals surface area contributed by atoms with Gasteiger partial charge in [0.2, 0.25) is 17.6 Å². The van der Waals surface area contributed by atoms with Crippen LogP contribution < -0.4 is 5.32 Å². The highest BCUT2D eigenvalue weighted by molar-refractivity contribution is 7.99. The van der Waals surface area contributed by atoms with Gasteiger partial charge in [-0.25, -0.2) is 15.0 Å². The molecule has 1 aromatic carbocycles. The topological polar surface area (TPSA) is 95.7 Å². The number of benzene rings is 1. The molecule has 9 nitrogen and oxygen atoms in total. The van der Waals surface area contributed by atoms with Crippen LogP contribution in [0.2, 0.25) is 0 Å². The Hall–Kier alpha value is -3.02. The summed E-state index contributed by atoms with van der Waals surface area (Å²) >= 11 is 3.03. The van der Waals surface area contributed by atoms with E-state index in [9.17, 15) is 9.59 Å². The molecule has 0 saturated carbocycles. The molecule has 0 unspecified atom stereocenters. The van der Waals surface area contributed by atoms with E-state index in [1.165, 1.54) is 11.3 Å². The van der Waals surface area contributed by atoms with Crippen LogP contribution in [-0.4, -0.2) is 74.2 Å². The summed E-state index contributed by atoms with van der Waals surface area (Å²) in [4.78, 5) is 41.9. The summed E-state index contributed by atoms with van der Waals surface area (Å²) in [6, 6.07) is 7.88. The monoisotopic (exact) mass is 453 g/mol. The molecule has 0 radical (unpaired) electrons. The number of hydrogen-bond donors (Lipinski definition) is 1. The molecule has 0 aliphatic carbocycles. The van der Waals surface area contributed by atoms with Gasteiger partial charge >= 0.3 is 0 Å². The van der Waals surface area contributed by atoms with Gasteiger partial charge in [0.05, 0.1) is 29.5 Å². The predicted molar refractivity (Wildman–Crippen MR) is 119 cm³/mol. The van der Waals surface area contributed by atoms with E-state index in [0.717, 1.165) is 20.1 Å². The first-order valence-electron chi connectivity index (χ1n) is 9.68. The van der Waals surface area contributed by atoms with Crippen molar-refractivity contribution in [3.8, 4) is 0 Å². The second-order valence-electron chi connectivity index (χ2n) is 7.21. The lowest BCUT2D eigenvalue weighted by Crippen LogP contribution is -2.50. The van der Waals surface area contributed by atoms with Crippen molar-refractivity contribution < 1.29 is 9.59 Å². The highest BCUT2D eigenvalue weighted by atomic mass is 32.2. The van der Waals surface area contributed by atoms with Crippen LogP contribution in [0.4, 0.5) is 5.13 Å². The van der Waals surface area contributed by atoms with Gasteiger partial charge in [0, 0.05) is 37.4 Å². The van der Waals surface area contributed by atoms with Crippen LogP contribution in [0.5, 0.6) is 0 Å². The van der Waals surface area contributed by atoms with Crippen LogP contribution in [0.1, 0.15) is 0 Å². The minimum absolute atomic E-state index is 0.0332. The molecule has 158 valence electrons. The predicted octanol–water partition coefficient (Wildman–Crippen LogP) is 2.20. The zero-order valence-electron chi connectivity index (χ0n) is 16.7. The summed E-state index contributed by atoms with van der Waals surface area (Å²) in [6.45, 7) is 1.77. The van der Waals surface area contributed by atoms with Crippen LogP contribution in [-0.2, 0) is 9.59 Å². The molecule has 2 amide bonds. The molecule has 4 aromatic rings. The van der Waals surface area contributed by atoms with Crippen LogP contribution in [0.25, 0.3) is 16.0 Å². The molecule has 11 heteroatoms. The first-order chi connectivity index (χ1) is 15.0.